The molecule has 0 spiro atoms. The van der Waals surface area contributed by atoms with E-state index in [0.29, 0.717) is 18.0 Å². The van der Waals surface area contributed by atoms with Crippen molar-refractivity contribution < 1.29 is 0 Å². The molecule has 2 aliphatic heterocycles. The minimum absolute atomic E-state index is 0.445. The molecule has 0 aliphatic carbocycles. The highest BCUT2D eigenvalue weighted by Crippen LogP contribution is 2.35. The molecule has 3 atom stereocenters. The van der Waals surface area contributed by atoms with Crippen molar-refractivity contribution in [2.24, 2.45) is 0 Å². The fourth-order valence-corrected chi connectivity index (χ4v) is 5.28. The number of aromatic nitrogens is 2. The molecule has 3 aromatic rings. The average Bonchev–Trinajstić information content (AvgIpc) is 3.33. The van der Waals surface area contributed by atoms with E-state index in [1.54, 1.807) is 11.3 Å². The van der Waals surface area contributed by atoms with Crippen LogP contribution in [0.2, 0.25) is 0 Å². The fraction of sp³-hybridized carbons (Fsp3) is 0.429. The lowest BCUT2D eigenvalue weighted by Crippen LogP contribution is -2.50. The first-order valence-electron chi connectivity index (χ1n) is 9.49. The van der Waals surface area contributed by atoms with Crippen molar-refractivity contribution in [3.05, 3.63) is 59.4 Å². The highest BCUT2D eigenvalue weighted by Gasteiger charge is 2.37. The smallest absolute Gasteiger partial charge is 0.0815 e. The molecule has 2 aromatic heterocycles. The van der Waals surface area contributed by atoms with Crippen molar-refractivity contribution in [2.45, 2.75) is 31.3 Å². The van der Waals surface area contributed by atoms with Gasteiger partial charge in [0.2, 0.25) is 0 Å². The third kappa shape index (κ3) is 2.94. The monoisotopic (exact) mass is 364 g/mol. The zero-order chi connectivity index (χ0) is 17.5. The molecule has 2 saturated heterocycles. The van der Waals surface area contributed by atoms with E-state index < -0.39 is 0 Å². The van der Waals surface area contributed by atoms with Crippen LogP contribution in [0.3, 0.4) is 0 Å². The van der Waals surface area contributed by atoms with Gasteiger partial charge in [0.1, 0.15) is 0 Å². The van der Waals surface area contributed by atoms with Crippen LogP contribution in [-0.4, -0.2) is 52.0 Å². The van der Waals surface area contributed by atoms with E-state index in [-0.39, 0.29) is 0 Å². The number of rotatable bonds is 3. The second kappa shape index (κ2) is 6.72. The first kappa shape index (κ1) is 16.4. The van der Waals surface area contributed by atoms with E-state index in [2.05, 4.69) is 57.0 Å². The van der Waals surface area contributed by atoms with Crippen molar-refractivity contribution in [3.8, 4) is 0 Å². The highest BCUT2D eigenvalue weighted by atomic mass is 32.1. The molecule has 4 heterocycles. The largest absolute Gasteiger partial charge is 0.297 e. The van der Waals surface area contributed by atoms with Crippen LogP contribution in [0, 0.1) is 0 Å². The molecule has 5 heteroatoms. The van der Waals surface area contributed by atoms with Crippen LogP contribution in [0.25, 0.3) is 10.2 Å². The van der Waals surface area contributed by atoms with Crippen molar-refractivity contribution in [1.29, 1.82) is 0 Å². The Bertz CT molecular complexity index is 893. The number of fused-ring (bicyclic) bond motifs is 2. The second-order valence-electron chi connectivity index (χ2n) is 7.62. The van der Waals surface area contributed by atoms with Crippen LogP contribution in [0.15, 0.2) is 48.2 Å². The Hall–Kier alpha value is -1.82. The summed E-state index contributed by atoms with van der Waals surface area (Å²) < 4.78 is 1.28. The number of thiazole rings is 1. The SMILES string of the molecule is CC(c1ccc2scnc2c1)N1CCN2CC(c3cccnc3)CC2C1. The summed E-state index contributed by atoms with van der Waals surface area (Å²) in [5, 5.41) is 0. The maximum absolute atomic E-state index is 4.49. The van der Waals surface area contributed by atoms with Crippen molar-refractivity contribution in [1.82, 2.24) is 19.8 Å². The predicted octanol–water partition coefficient (Wildman–Crippen LogP) is 3.93. The van der Waals surface area contributed by atoms with Gasteiger partial charge in [-0.3, -0.25) is 14.8 Å². The Kier molecular flexibility index (Phi) is 4.23. The van der Waals surface area contributed by atoms with Crippen molar-refractivity contribution in [2.75, 3.05) is 26.2 Å². The Labute approximate surface area is 158 Å². The average molecular weight is 365 g/mol. The summed E-state index contributed by atoms with van der Waals surface area (Å²) in [6.07, 6.45) is 5.17. The van der Waals surface area contributed by atoms with E-state index in [1.165, 1.54) is 35.3 Å². The summed E-state index contributed by atoms with van der Waals surface area (Å²) >= 11 is 1.72. The molecule has 0 bridgehead atoms. The molecule has 0 N–H and O–H groups in total. The molecular weight excluding hydrogens is 340 g/mol. The Morgan fingerprint density at radius 3 is 3.04 bits per heavy atom. The molecule has 3 unspecified atom stereocenters. The fourth-order valence-electron chi connectivity index (χ4n) is 4.62. The minimum atomic E-state index is 0.445. The van der Waals surface area contributed by atoms with Crippen molar-refractivity contribution >= 4 is 21.6 Å². The topological polar surface area (TPSA) is 32.3 Å². The number of pyridine rings is 1. The van der Waals surface area contributed by atoms with Gasteiger partial charge in [-0.25, -0.2) is 4.98 Å². The van der Waals surface area contributed by atoms with Gasteiger partial charge in [-0.2, -0.15) is 0 Å². The molecule has 26 heavy (non-hydrogen) atoms. The number of nitrogens with zero attached hydrogens (tertiary/aromatic N) is 4. The third-order valence-corrected chi connectivity index (χ3v) is 7.00. The van der Waals surface area contributed by atoms with Crippen LogP contribution in [0.1, 0.15) is 36.4 Å². The van der Waals surface area contributed by atoms with Gasteiger partial charge in [-0.15, -0.1) is 11.3 Å². The lowest BCUT2D eigenvalue weighted by atomic mass is 9.97. The van der Waals surface area contributed by atoms with Gasteiger partial charge < -0.3 is 0 Å². The Balaban J connectivity index is 1.30. The first-order valence-corrected chi connectivity index (χ1v) is 10.4. The third-order valence-electron chi connectivity index (χ3n) is 6.19. The van der Waals surface area contributed by atoms with Gasteiger partial charge in [0.15, 0.2) is 0 Å². The quantitative estimate of drug-likeness (QED) is 0.705. The first-order chi connectivity index (χ1) is 12.8. The lowest BCUT2D eigenvalue weighted by molar-refractivity contribution is 0.0770. The molecule has 134 valence electrons. The maximum atomic E-state index is 4.49. The summed E-state index contributed by atoms with van der Waals surface area (Å²) in [7, 11) is 0. The maximum Gasteiger partial charge on any atom is 0.0815 e. The molecule has 4 nitrogen and oxygen atoms in total. The number of piperazine rings is 1. The van der Waals surface area contributed by atoms with Gasteiger partial charge in [-0.05, 0) is 48.6 Å². The molecule has 0 saturated carbocycles. The second-order valence-corrected chi connectivity index (χ2v) is 8.50. The standard InChI is InChI=1S/C21H24N4S/c1-15(16-4-5-21-20(10-16)23-14-26-21)24-7-8-25-12-18(9-19(25)13-24)17-3-2-6-22-11-17/h2-6,10-11,14-15,18-19H,7-9,12-13H2,1H3. The summed E-state index contributed by atoms with van der Waals surface area (Å²) in [6.45, 7) is 7.00. The van der Waals surface area contributed by atoms with Crippen LogP contribution in [0.4, 0.5) is 0 Å². The zero-order valence-corrected chi connectivity index (χ0v) is 15.9. The predicted molar refractivity (Wildman–Crippen MR) is 107 cm³/mol. The van der Waals surface area contributed by atoms with E-state index in [1.807, 2.05) is 17.9 Å². The molecule has 0 radical (unpaired) electrons. The van der Waals surface area contributed by atoms with Gasteiger partial charge in [-0.1, -0.05) is 12.1 Å². The summed E-state index contributed by atoms with van der Waals surface area (Å²) in [6, 6.07) is 12.2. The van der Waals surface area contributed by atoms with Gasteiger partial charge in [0, 0.05) is 50.7 Å². The van der Waals surface area contributed by atoms with E-state index >= 15 is 0 Å². The zero-order valence-electron chi connectivity index (χ0n) is 15.1. The molecule has 2 fully saturated rings. The normalized spacial score (nSPS) is 25.4. The van der Waals surface area contributed by atoms with Crippen molar-refractivity contribution in [3.63, 3.8) is 0 Å². The van der Waals surface area contributed by atoms with Crippen LogP contribution in [0.5, 0.6) is 0 Å². The molecule has 5 rings (SSSR count). The molecule has 1 aromatic carbocycles. The molecule has 2 aliphatic rings. The van der Waals surface area contributed by atoms with Crippen LogP contribution < -0.4 is 0 Å². The van der Waals surface area contributed by atoms with Gasteiger partial charge >= 0.3 is 0 Å². The molecule has 0 amide bonds. The van der Waals surface area contributed by atoms with Crippen LogP contribution >= 0.6 is 11.3 Å². The lowest BCUT2D eigenvalue weighted by Gasteiger charge is -2.40. The summed E-state index contributed by atoms with van der Waals surface area (Å²) in [5.41, 5.74) is 5.86. The minimum Gasteiger partial charge on any atom is -0.297 e. The number of benzene rings is 1. The van der Waals surface area contributed by atoms with Gasteiger partial charge in [0.25, 0.3) is 0 Å². The Morgan fingerprint density at radius 2 is 2.15 bits per heavy atom. The summed E-state index contributed by atoms with van der Waals surface area (Å²) in [4.78, 5) is 14.1. The van der Waals surface area contributed by atoms with E-state index in [9.17, 15) is 0 Å². The summed E-state index contributed by atoms with van der Waals surface area (Å²) in [5.74, 6) is 0.635. The number of hydrogen-bond donors (Lipinski definition) is 0. The van der Waals surface area contributed by atoms with Crippen LogP contribution in [-0.2, 0) is 0 Å². The highest BCUT2D eigenvalue weighted by molar-refractivity contribution is 7.16. The van der Waals surface area contributed by atoms with E-state index in [0.717, 1.165) is 18.6 Å². The number of hydrogen-bond acceptors (Lipinski definition) is 5. The van der Waals surface area contributed by atoms with Gasteiger partial charge in [0.05, 0.1) is 15.7 Å². The van der Waals surface area contributed by atoms with E-state index in [4.69, 9.17) is 0 Å². The Morgan fingerprint density at radius 1 is 1.19 bits per heavy atom. The molecular formula is C21H24N4S.